The van der Waals surface area contributed by atoms with Crippen LogP contribution in [0.25, 0.3) is 0 Å². The van der Waals surface area contributed by atoms with E-state index in [9.17, 15) is 0 Å². The third-order valence-corrected chi connectivity index (χ3v) is 1.65. The van der Waals surface area contributed by atoms with E-state index >= 15 is 0 Å². The van der Waals surface area contributed by atoms with Gasteiger partial charge in [0, 0.05) is 0 Å². The van der Waals surface area contributed by atoms with E-state index in [-0.39, 0.29) is 0 Å². The molecule has 3 nitrogen and oxygen atoms in total. The standard InChI is InChI=1S/C3H3Br2NO2/c4-3(5,1-6)2(7)8/h2,7-8H. The number of nitriles is 1. The van der Waals surface area contributed by atoms with Gasteiger partial charge in [0.05, 0.1) is 6.07 Å². The van der Waals surface area contributed by atoms with Gasteiger partial charge in [0.25, 0.3) is 0 Å². The average molecular weight is 245 g/mol. The predicted molar refractivity (Wildman–Crippen MR) is 34.4 cm³/mol. The average Bonchev–Trinajstić information content (AvgIpc) is 1.67. The molecule has 0 saturated heterocycles. The monoisotopic (exact) mass is 243 g/mol. The van der Waals surface area contributed by atoms with Gasteiger partial charge in [0.1, 0.15) is 0 Å². The van der Waals surface area contributed by atoms with E-state index in [1.807, 2.05) is 0 Å². The maximum atomic E-state index is 8.32. The second kappa shape index (κ2) is 2.78. The number of nitrogens with zero attached hydrogens (tertiary/aromatic N) is 1. The predicted octanol–water partition coefficient (Wildman–Crippen LogP) is 0.307. The molecule has 0 rings (SSSR count). The maximum absolute atomic E-state index is 8.32. The number of halogens is 2. The van der Waals surface area contributed by atoms with Gasteiger partial charge in [-0.3, -0.25) is 0 Å². The van der Waals surface area contributed by atoms with Gasteiger partial charge in [0.15, 0.2) is 6.29 Å². The normalized spacial score (nSPS) is 11.5. The largest absolute Gasteiger partial charge is 0.365 e. The van der Waals surface area contributed by atoms with Crippen LogP contribution in [0, 0.1) is 11.3 Å². The van der Waals surface area contributed by atoms with Crippen LogP contribution in [0.3, 0.4) is 0 Å². The van der Waals surface area contributed by atoms with Gasteiger partial charge in [-0.05, 0) is 0 Å². The van der Waals surface area contributed by atoms with Gasteiger partial charge in [-0.2, -0.15) is 5.26 Å². The first-order valence-electron chi connectivity index (χ1n) is 1.66. The number of hydrogen-bond acceptors (Lipinski definition) is 3. The van der Waals surface area contributed by atoms with Crippen LogP contribution in [0.4, 0.5) is 0 Å². The van der Waals surface area contributed by atoms with Crippen molar-refractivity contribution in [1.29, 1.82) is 5.26 Å². The van der Waals surface area contributed by atoms with E-state index in [1.54, 1.807) is 6.07 Å². The van der Waals surface area contributed by atoms with E-state index in [0.29, 0.717) is 0 Å². The van der Waals surface area contributed by atoms with E-state index < -0.39 is 9.52 Å². The molecule has 0 aliphatic heterocycles. The highest BCUT2D eigenvalue weighted by Crippen LogP contribution is 2.27. The van der Waals surface area contributed by atoms with Gasteiger partial charge < -0.3 is 10.2 Å². The third-order valence-electron chi connectivity index (χ3n) is 0.473. The highest BCUT2D eigenvalue weighted by atomic mass is 79.9. The minimum absolute atomic E-state index is 1.42. The van der Waals surface area contributed by atoms with Crippen molar-refractivity contribution in [3.05, 3.63) is 0 Å². The van der Waals surface area contributed by atoms with Crippen molar-refractivity contribution in [1.82, 2.24) is 0 Å². The smallest absolute Gasteiger partial charge is 0.216 e. The molecule has 0 bridgehead atoms. The second-order valence-electron chi connectivity index (χ2n) is 1.11. The molecule has 0 unspecified atom stereocenters. The first-order chi connectivity index (χ1) is 3.50. The Balaban J connectivity index is 3.97. The number of aliphatic hydroxyl groups is 2. The lowest BCUT2D eigenvalue weighted by Crippen LogP contribution is -2.27. The van der Waals surface area contributed by atoms with Crippen molar-refractivity contribution in [2.75, 3.05) is 0 Å². The number of aliphatic hydroxyl groups excluding tert-OH is 1. The van der Waals surface area contributed by atoms with Gasteiger partial charge in [-0.1, -0.05) is 31.9 Å². The molecular formula is C3H3Br2NO2. The number of alkyl halides is 2. The summed E-state index contributed by atoms with van der Waals surface area (Å²) < 4.78 is -1.42. The lowest BCUT2D eigenvalue weighted by molar-refractivity contribution is -0.0345. The Hall–Kier alpha value is 0.370. The molecular weight excluding hydrogens is 242 g/mol. The van der Waals surface area contributed by atoms with E-state index in [2.05, 4.69) is 31.9 Å². The summed E-state index contributed by atoms with van der Waals surface area (Å²) in [5.41, 5.74) is 0. The fraction of sp³-hybridized carbons (Fsp3) is 0.667. The van der Waals surface area contributed by atoms with Crippen LogP contribution in [0.2, 0.25) is 0 Å². The Morgan fingerprint density at radius 1 is 1.50 bits per heavy atom. The summed E-state index contributed by atoms with van der Waals surface area (Å²) in [6.07, 6.45) is -1.72. The zero-order chi connectivity index (χ0) is 6.78. The molecule has 0 aromatic carbocycles. The fourth-order valence-electron chi connectivity index (χ4n) is 0.0577. The minimum atomic E-state index is -1.72. The molecule has 0 aliphatic rings. The molecule has 0 fully saturated rings. The lowest BCUT2D eigenvalue weighted by Gasteiger charge is -2.11. The summed E-state index contributed by atoms with van der Waals surface area (Å²) in [5.74, 6) is 0. The Morgan fingerprint density at radius 3 is 1.88 bits per heavy atom. The molecule has 0 aromatic heterocycles. The Morgan fingerprint density at radius 2 is 1.88 bits per heavy atom. The molecule has 0 aromatic rings. The van der Waals surface area contributed by atoms with Crippen LogP contribution in [-0.4, -0.2) is 19.7 Å². The molecule has 0 amide bonds. The second-order valence-corrected chi connectivity index (χ2v) is 4.67. The molecule has 5 heteroatoms. The van der Waals surface area contributed by atoms with Crippen LogP contribution in [-0.2, 0) is 0 Å². The molecule has 0 heterocycles. The van der Waals surface area contributed by atoms with Crippen molar-refractivity contribution in [3.8, 4) is 6.07 Å². The third kappa shape index (κ3) is 2.09. The summed E-state index contributed by atoms with van der Waals surface area (Å²) in [4.78, 5) is 0. The molecule has 0 spiro atoms. The molecule has 0 radical (unpaired) electrons. The first-order valence-corrected chi connectivity index (χ1v) is 3.24. The van der Waals surface area contributed by atoms with Crippen LogP contribution in [0.1, 0.15) is 0 Å². The highest BCUT2D eigenvalue weighted by molar-refractivity contribution is 9.25. The summed E-state index contributed by atoms with van der Waals surface area (Å²) >= 11 is 5.40. The van der Waals surface area contributed by atoms with Crippen molar-refractivity contribution >= 4 is 31.9 Å². The van der Waals surface area contributed by atoms with Crippen LogP contribution >= 0.6 is 31.9 Å². The lowest BCUT2D eigenvalue weighted by atomic mass is 10.5. The quantitative estimate of drug-likeness (QED) is 0.516. The van der Waals surface area contributed by atoms with E-state index in [1.165, 1.54) is 0 Å². The number of hydrogen-bond donors (Lipinski definition) is 2. The van der Waals surface area contributed by atoms with Gasteiger partial charge >= 0.3 is 0 Å². The van der Waals surface area contributed by atoms with Crippen LogP contribution in [0.15, 0.2) is 0 Å². The van der Waals surface area contributed by atoms with Crippen LogP contribution in [0.5, 0.6) is 0 Å². The first kappa shape index (κ1) is 8.37. The van der Waals surface area contributed by atoms with E-state index in [0.717, 1.165) is 0 Å². The summed E-state index contributed by atoms with van der Waals surface area (Å²) in [6.45, 7) is 0. The zero-order valence-corrected chi connectivity index (χ0v) is 6.85. The van der Waals surface area contributed by atoms with Crippen molar-refractivity contribution in [2.45, 2.75) is 9.52 Å². The highest BCUT2D eigenvalue weighted by Gasteiger charge is 2.30. The Labute approximate surface area is 63.2 Å². The molecule has 0 aliphatic carbocycles. The van der Waals surface area contributed by atoms with E-state index in [4.69, 9.17) is 15.5 Å². The van der Waals surface area contributed by atoms with Gasteiger partial charge in [-0.25, -0.2) is 0 Å². The summed E-state index contributed by atoms with van der Waals surface area (Å²) in [7, 11) is 0. The SMILES string of the molecule is N#CC(Br)(Br)C(O)O. The topological polar surface area (TPSA) is 64.2 Å². The maximum Gasteiger partial charge on any atom is 0.216 e. The fourth-order valence-corrected chi connectivity index (χ4v) is 0.0577. The molecule has 8 heavy (non-hydrogen) atoms. The summed E-state index contributed by atoms with van der Waals surface area (Å²) in [5, 5.41) is 24.7. The molecule has 2 N–H and O–H groups in total. The molecule has 46 valence electrons. The van der Waals surface area contributed by atoms with Crippen molar-refractivity contribution in [3.63, 3.8) is 0 Å². The van der Waals surface area contributed by atoms with Gasteiger partial charge in [-0.15, -0.1) is 0 Å². The Bertz CT molecular complexity index is 117. The van der Waals surface area contributed by atoms with Crippen LogP contribution < -0.4 is 0 Å². The van der Waals surface area contributed by atoms with Gasteiger partial charge in [0.2, 0.25) is 3.23 Å². The Kier molecular flexibility index (Phi) is 2.91. The summed E-state index contributed by atoms with van der Waals surface area (Å²) in [6, 6.07) is 1.57. The molecule has 0 saturated carbocycles. The number of rotatable bonds is 1. The minimum Gasteiger partial charge on any atom is -0.365 e. The van der Waals surface area contributed by atoms with Crippen molar-refractivity contribution in [2.24, 2.45) is 0 Å². The van der Waals surface area contributed by atoms with Crippen molar-refractivity contribution < 1.29 is 10.2 Å². The molecule has 0 atom stereocenters. The zero-order valence-electron chi connectivity index (χ0n) is 3.67.